The molecule has 0 heterocycles. The van der Waals surface area contributed by atoms with Gasteiger partial charge in [-0.1, -0.05) is 99.0 Å². The molecule has 1 fully saturated rings. The fraction of sp³-hybridized carbons (Fsp3) is 0.350. The zero-order valence-electron chi connectivity index (χ0n) is 28.8. The van der Waals surface area contributed by atoms with Crippen molar-refractivity contribution < 1.29 is 22.7 Å². The number of sulfonamides is 1. The molecule has 258 valence electrons. The number of hydrogen-bond acceptors (Lipinski definition) is 5. The average Bonchev–Trinajstić information content (AvgIpc) is 3.62. The summed E-state index contributed by atoms with van der Waals surface area (Å²) in [6.07, 6.45) is 4.14. The third kappa shape index (κ3) is 9.09. The lowest BCUT2D eigenvalue weighted by Crippen LogP contribution is -2.54. The summed E-state index contributed by atoms with van der Waals surface area (Å²) in [5, 5.41) is 3.22. The van der Waals surface area contributed by atoms with Gasteiger partial charge in [0.05, 0.1) is 17.7 Å². The van der Waals surface area contributed by atoms with E-state index in [1.165, 1.54) is 4.90 Å². The minimum Gasteiger partial charge on any atom is -0.497 e. The molecule has 0 spiro atoms. The lowest BCUT2D eigenvalue weighted by atomic mass is 10.0. The van der Waals surface area contributed by atoms with E-state index in [-0.39, 0.29) is 35.7 Å². The zero-order chi connectivity index (χ0) is 35.0. The zero-order valence-corrected chi connectivity index (χ0v) is 29.7. The number of benzene rings is 4. The van der Waals surface area contributed by atoms with Gasteiger partial charge >= 0.3 is 0 Å². The van der Waals surface area contributed by atoms with Crippen LogP contribution in [0.1, 0.15) is 67.7 Å². The molecule has 0 saturated heterocycles. The number of carbonyl (C=O) groups is 2. The van der Waals surface area contributed by atoms with Gasteiger partial charge in [-0.2, -0.15) is 0 Å². The highest BCUT2D eigenvalue weighted by atomic mass is 32.2. The lowest BCUT2D eigenvalue weighted by Gasteiger charge is -2.34. The third-order valence-electron chi connectivity index (χ3n) is 9.20. The van der Waals surface area contributed by atoms with E-state index in [4.69, 9.17) is 4.74 Å². The van der Waals surface area contributed by atoms with Crippen LogP contribution < -0.4 is 14.4 Å². The van der Waals surface area contributed by atoms with E-state index in [2.05, 4.69) is 19.2 Å². The van der Waals surface area contributed by atoms with Crippen LogP contribution in [0.25, 0.3) is 0 Å². The largest absolute Gasteiger partial charge is 0.497 e. The molecule has 1 saturated carbocycles. The van der Waals surface area contributed by atoms with E-state index in [0.717, 1.165) is 52.2 Å². The molecule has 0 aromatic heterocycles. The van der Waals surface area contributed by atoms with Crippen molar-refractivity contribution in [1.29, 1.82) is 0 Å². The van der Waals surface area contributed by atoms with Crippen LogP contribution in [0.4, 0.5) is 5.69 Å². The van der Waals surface area contributed by atoms with Gasteiger partial charge in [0.2, 0.25) is 11.8 Å². The number of nitrogens with one attached hydrogen (secondary N) is 1. The highest BCUT2D eigenvalue weighted by Crippen LogP contribution is 2.28. The Hall–Kier alpha value is -4.63. The number of ether oxygens (including phenoxy) is 1. The molecule has 0 aliphatic heterocycles. The predicted molar refractivity (Wildman–Crippen MR) is 194 cm³/mol. The van der Waals surface area contributed by atoms with Gasteiger partial charge in [-0.3, -0.25) is 13.9 Å². The number of anilines is 1. The van der Waals surface area contributed by atoms with Crippen molar-refractivity contribution in [2.24, 2.45) is 0 Å². The van der Waals surface area contributed by atoms with Crippen LogP contribution in [0.3, 0.4) is 0 Å². The average molecular weight is 682 g/mol. The first kappa shape index (κ1) is 35.7. The fourth-order valence-corrected chi connectivity index (χ4v) is 7.69. The Kier molecular flexibility index (Phi) is 11.8. The molecule has 0 radical (unpaired) electrons. The minimum atomic E-state index is -4.17. The molecular formula is C40H47N3O5S. The van der Waals surface area contributed by atoms with Crippen LogP contribution in [0.15, 0.2) is 108 Å². The number of nitrogens with zero attached hydrogens (tertiary/aromatic N) is 2. The fourth-order valence-electron chi connectivity index (χ4n) is 6.28. The number of aryl methyl sites for hydroxylation is 1. The monoisotopic (exact) mass is 681 g/mol. The molecule has 1 atom stereocenters. The summed E-state index contributed by atoms with van der Waals surface area (Å²) in [4.78, 5) is 30.6. The Bertz CT molecular complexity index is 1800. The smallest absolute Gasteiger partial charge is 0.264 e. The molecule has 2 amide bonds. The maximum atomic E-state index is 14.8. The topological polar surface area (TPSA) is 96.0 Å². The normalized spacial score (nSPS) is 14.0. The van der Waals surface area contributed by atoms with Gasteiger partial charge < -0.3 is 15.0 Å². The Labute approximate surface area is 291 Å². The van der Waals surface area contributed by atoms with Crippen LogP contribution in [0.5, 0.6) is 5.75 Å². The first-order chi connectivity index (χ1) is 23.5. The molecule has 1 N–H and O–H groups in total. The van der Waals surface area contributed by atoms with Crippen molar-refractivity contribution in [3.63, 3.8) is 0 Å². The maximum Gasteiger partial charge on any atom is 0.264 e. The van der Waals surface area contributed by atoms with Gasteiger partial charge in [0.1, 0.15) is 18.3 Å². The molecule has 1 aliphatic carbocycles. The Morgan fingerprint density at radius 3 is 2.14 bits per heavy atom. The predicted octanol–water partition coefficient (Wildman–Crippen LogP) is 7.02. The van der Waals surface area contributed by atoms with E-state index in [9.17, 15) is 18.0 Å². The summed E-state index contributed by atoms with van der Waals surface area (Å²) < 4.78 is 35.3. The second-order valence-corrected chi connectivity index (χ2v) is 15.0. The van der Waals surface area contributed by atoms with Gasteiger partial charge in [-0.25, -0.2) is 8.42 Å². The second kappa shape index (κ2) is 16.2. The van der Waals surface area contributed by atoms with Crippen molar-refractivity contribution in [3.05, 3.63) is 125 Å². The molecule has 0 bridgehead atoms. The van der Waals surface area contributed by atoms with Crippen LogP contribution >= 0.6 is 0 Å². The molecule has 4 aromatic carbocycles. The standard InChI is InChI=1S/C40H47N3O5S/c1-29(2)33-19-21-35(22-20-33)43(49(46,47)37-23-17-30(3)18-24-37)28-39(44)42(27-32-13-10-16-36(25-32)48-4)38(26-31-11-6-5-7-12-31)40(45)41-34-14-8-9-15-34/h5-7,10-13,16-25,29,34,38H,8-9,14-15,26-28H2,1-4H3,(H,41,45)/t38-/m1/s1. The van der Waals surface area contributed by atoms with Gasteiger partial charge in [0.15, 0.2) is 0 Å². The number of rotatable bonds is 14. The van der Waals surface area contributed by atoms with Gasteiger partial charge in [0, 0.05) is 19.0 Å². The molecule has 4 aromatic rings. The number of amides is 2. The summed E-state index contributed by atoms with van der Waals surface area (Å²) in [6.45, 7) is 5.61. The second-order valence-electron chi connectivity index (χ2n) is 13.1. The first-order valence-electron chi connectivity index (χ1n) is 17.0. The molecule has 0 unspecified atom stereocenters. The highest BCUT2D eigenvalue weighted by Gasteiger charge is 2.35. The third-order valence-corrected chi connectivity index (χ3v) is 11.0. The summed E-state index contributed by atoms with van der Waals surface area (Å²) in [7, 11) is -2.60. The number of hydrogen-bond donors (Lipinski definition) is 1. The van der Waals surface area contributed by atoms with Gasteiger partial charge in [-0.05, 0) is 78.8 Å². The Morgan fingerprint density at radius 1 is 0.857 bits per heavy atom. The number of methoxy groups -OCH3 is 1. The van der Waals surface area contributed by atoms with Crippen LogP contribution in [-0.4, -0.2) is 50.9 Å². The molecular weight excluding hydrogens is 635 g/mol. The van der Waals surface area contributed by atoms with E-state index >= 15 is 0 Å². The van der Waals surface area contributed by atoms with Gasteiger partial charge in [-0.15, -0.1) is 0 Å². The van der Waals surface area contributed by atoms with Crippen molar-refractivity contribution in [2.45, 2.75) is 82.3 Å². The lowest BCUT2D eigenvalue weighted by molar-refractivity contribution is -0.140. The van der Waals surface area contributed by atoms with Crippen molar-refractivity contribution >= 4 is 27.5 Å². The van der Waals surface area contributed by atoms with Crippen LogP contribution in [0.2, 0.25) is 0 Å². The maximum absolute atomic E-state index is 14.8. The summed E-state index contributed by atoms with van der Waals surface area (Å²) >= 11 is 0. The molecule has 49 heavy (non-hydrogen) atoms. The van der Waals surface area contributed by atoms with E-state index < -0.39 is 28.5 Å². The minimum absolute atomic E-state index is 0.0393. The summed E-state index contributed by atoms with van der Waals surface area (Å²) in [6, 6.07) is 30.0. The van der Waals surface area contributed by atoms with Crippen molar-refractivity contribution in [3.8, 4) is 5.75 Å². The van der Waals surface area contributed by atoms with Crippen LogP contribution in [-0.2, 0) is 32.6 Å². The highest BCUT2D eigenvalue weighted by molar-refractivity contribution is 7.92. The SMILES string of the molecule is COc1cccc(CN(C(=O)CN(c2ccc(C(C)C)cc2)S(=O)(=O)c2ccc(C)cc2)[C@H](Cc2ccccc2)C(=O)NC2CCCC2)c1. The van der Waals surface area contributed by atoms with E-state index in [1.54, 1.807) is 43.5 Å². The first-order valence-corrected chi connectivity index (χ1v) is 18.4. The van der Waals surface area contributed by atoms with E-state index in [1.807, 2.05) is 73.7 Å². The van der Waals surface area contributed by atoms with E-state index in [0.29, 0.717) is 11.4 Å². The Morgan fingerprint density at radius 2 is 1.51 bits per heavy atom. The van der Waals surface area contributed by atoms with Crippen molar-refractivity contribution in [2.75, 3.05) is 18.0 Å². The number of carbonyl (C=O) groups excluding carboxylic acids is 2. The van der Waals surface area contributed by atoms with Gasteiger partial charge in [0.25, 0.3) is 10.0 Å². The van der Waals surface area contributed by atoms with Crippen molar-refractivity contribution in [1.82, 2.24) is 10.2 Å². The van der Waals surface area contributed by atoms with Crippen LogP contribution in [0, 0.1) is 6.92 Å². The molecule has 9 heteroatoms. The molecule has 5 rings (SSSR count). The summed E-state index contributed by atoms with van der Waals surface area (Å²) in [5.74, 6) is 0.122. The summed E-state index contributed by atoms with van der Waals surface area (Å²) in [5.41, 5.74) is 3.99. The Balaban J connectivity index is 1.58. The molecule has 8 nitrogen and oxygen atoms in total. The quantitative estimate of drug-likeness (QED) is 0.154. The molecule has 1 aliphatic rings.